The standard InChI is InChI=1S/C10H22O/c1-5-7-10(3,6-2)8-9-11-4/h5-9H2,1-4H3. The highest BCUT2D eigenvalue weighted by molar-refractivity contribution is 4.71. The van der Waals surface area contributed by atoms with Crippen LogP contribution in [0.3, 0.4) is 0 Å². The molecule has 0 rings (SSSR count). The summed E-state index contributed by atoms with van der Waals surface area (Å²) >= 11 is 0. The third-order valence-corrected chi connectivity index (χ3v) is 2.62. The lowest BCUT2D eigenvalue weighted by atomic mass is 9.80. The van der Waals surface area contributed by atoms with Crippen molar-refractivity contribution in [2.45, 2.75) is 46.5 Å². The fourth-order valence-corrected chi connectivity index (χ4v) is 1.43. The fraction of sp³-hybridized carbons (Fsp3) is 1.00. The van der Waals surface area contributed by atoms with Gasteiger partial charge in [-0.1, -0.05) is 33.6 Å². The molecule has 0 aliphatic rings. The molecule has 0 saturated carbocycles. The van der Waals surface area contributed by atoms with Gasteiger partial charge in [-0.05, 0) is 18.3 Å². The Morgan fingerprint density at radius 1 is 1.18 bits per heavy atom. The van der Waals surface area contributed by atoms with E-state index in [4.69, 9.17) is 4.74 Å². The van der Waals surface area contributed by atoms with Crippen molar-refractivity contribution in [1.82, 2.24) is 0 Å². The average Bonchev–Trinajstić information content (AvgIpc) is 2.02. The molecule has 0 aromatic rings. The molecule has 0 saturated heterocycles. The predicted molar refractivity (Wildman–Crippen MR) is 49.8 cm³/mol. The molecule has 0 aliphatic carbocycles. The smallest absolute Gasteiger partial charge is 0.0467 e. The maximum atomic E-state index is 5.09. The Bertz CT molecular complexity index is 90.9. The van der Waals surface area contributed by atoms with Crippen LogP contribution in [0.1, 0.15) is 46.5 Å². The summed E-state index contributed by atoms with van der Waals surface area (Å²) in [6, 6.07) is 0. The van der Waals surface area contributed by atoms with Crippen LogP contribution < -0.4 is 0 Å². The molecule has 1 atom stereocenters. The van der Waals surface area contributed by atoms with Crippen LogP contribution in [-0.2, 0) is 4.74 Å². The summed E-state index contributed by atoms with van der Waals surface area (Å²) in [5.74, 6) is 0. The molecular weight excluding hydrogens is 136 g/mol. The molecule has 0 fully saturated rings. The summed E-state index contributed by atoms with van der Waals surface area (Å²) in [6.07, 6.45) is 5.08. The Morgan fingerprint density at radius 2 is 1.82 bits per heavy atom. The predicted octanol–water partition coefficient (Wildman–Crippen LogP) is 3.24. The summed E-state index contributed by atoms with van der Waals surface area (Å²) in [5, 5.41) is 0. The first-order valence-corrected chi connectivity index (χ1v) is 4.67. The first-order valence-electron chi connectivity index (χ1n) is 4.67. The van der Waals surface area contributed by atoms with Gasteiger partial charge in [-0.3, -0.25) is 0 Å². The molecular formula is C10H22O. The van der Waals surface area contributed by atoms with E-state index in [1.807, 2.05) is 0 Å². The van der Waals surface area contributed by atoms with E-state index in [0.717, 1.165) is 6.61 Å². The van der Waals surface area contributed by atoms with Crippen molar-refractivity contribution in [1.29, 1.82) is 0 Å². The Morgan fingerprint density at radius 3 is 2.18 bits per heavy atom. The van der Waals surface area contributed by atoms with Gasteiger partial charge in [0.25, 0.3) is 0 Å². The highest BCUT2D eigenvalue weighted by Gasteiger charge is 2.19. The first kappa shape index (κ1) is 11.0. The van der Waals surface area contributed by atoms with Crippen LogP contribution in [0, 0.1) is 5.41 Å². The summed E-state index contributed by atoms with van der Waals surface area (Å²) in [7, 11) is 1.78. The molecule has 1 unspecified atom stereocenters. The maximum Gasteiger partial charge on any atom is 0.0467 e. The van der Waals surface area contributed by atoms with Gasteiger partial charge in [0, 0.05) is 13.7 Å². The fourth-order valence-electron chi connectivity index (χ4n) is 1.43. The minimum absolute atomic E-state index is 0.519. The van der Waals surface area contributed by atoms with Crippen molar-refractivity contribution in [2.75, 3.05) is 13.7 Å². The average molecular weight is 158 g/mol. The lowest BCUT2D eigenvalue weighted by Gasteiger charge is -2.27. The molecule has 1 nitrogen and oxygen atoms in total. The highest BCUT2D eigenvalue weighted by atomic mass is 16.5. The Balaban J connectivity index is 3.68. The molecule has 68 valence electrons. The molecule has 0 aliphatic heterocycles. The van der Waals surface area contributed by atoms with Crippen LogP contribution in [0.2, 0.25) is 0 Å². The van der Waals surface area contributed by atoms with E-state index in [1.165, 1.54) is 25.7 Å². The zero-order valence-corrected chi connectivity index (χ0v) is 8.44. The van der Waals surface area contributed by atoms with Gasteiger partial charge in [0.05, 0.1) is 0 Å². The number of ether oxygens (including phenoxy) is 1. The van der Waals surface area contributed by atoms with Crippen molar-refractivity contribution in [3.8, 4) is 0 Å². The molecule has 0 heterocycles. The van der Waals surface area contributed by atoms with Crippen molar-refractivity contribution in [3.05, 3.63) is 0 Å². The second-order valence-corrected chi connectivity index (χ2v) is 3.66. The zero-order chi connectivity index (χ0) is 8.74. The molecule has 11 heavy (non-hydrogen) atoms. The zero-order valence-electron chi connectivity index (χ0n) is 8.44. The van der Waals surface area contributed by atoms with Crippen LogP contribution in [-0.4, -0.2) is 13.7 Å². The van der Waals surface area contributed by atoms with Gasteiger partial charge in [-0.2, -0.15) is 0 Å². The van der Waals surface area contributed by atoms with Crippen LogP contribution in [0.5, 0.6) is 0 Å². The summed E-state index contributed by atoms with van der Waals surface area (Å²) in [6.45, 7) is 7.78. The van der Waals surface area contributed by atoms with Gasteiger partial charge in [-0.25, -0.2) is 0 Å². The quantitative estimate of drug-likeness (QED) is 0.576. The Kier molecular flexibility index (Phi) is 5.57. The summed E-state index contributed by atoms with van der Waals surface area (Å²) in [4.78, 5) is 0. The Labute approximate surface area is 71.1 Å². The van der Waals surface area contributed by atoms with Gasteiger partial charge >= 0.3 is 0 Å². The number of methoxy groups -OCH3 is 1. The lowest BCUT2D eigenvalue weighted by Crippen LogP contribution is -2.17. The van der Waals surface area contributed by atoms with Crippen LogP contribution in [0.4, 0.5) is 0 Å². The van der Waals surface area contributed by atoms with Gasteiger partial charge in [0.2, 0.25) is 0 Å². The monoisotopic (exact) mass is 158 g/mol. The lowest BCUT2D eigenvalue weighted by molar-refractivity contribution is 0.135. The van der Waals surface area contributed by atoms with Crippen molar-refractivity contribution < 1.29 is 4.74 Å². The van der Waals surface area contributed by atoms with Gasteiger partial charge in [0.1, 0.15) is 0 Å². The summed E-state index contributed by atoms with van der Waals surface area (Å²) < 4.78 is 5.09. The molecule has 0 radical (unpaired) electrons. The first-order chi connectivity index (χ1) is 5.18. The van der Waals surface area contributed by atoms with Crippen LogP contribution in [0.25, 0.3) is 0 Å². The normalized spacial score (nSPS) is 16.4. The maximum absolute atomic E-state index is 5.09. The molecule has 0 bridgehead atoms. The third-order valence-electron chi connectivity index (χ3n) is 2.62. The van der Waals surface area contributed by atoms with Gasteiger partial charge in [-0.15, -0.1) is 0 Å². The van der Waals surface area contributed by atoms with Crippen molar-refractivity contribution >= 4 is 0 Å². The minimum atomic E-state index is 0.519. The highest BCUT2D eigenvalue weighted by Crippen LogP contribution is 2.30. The topological polar surface area (TPSA) is 9.23 Å². The molecule has 0 aromatic heterocycles. The van der Waals surface area contributed by atoms with Gasteiger partial charge in [0.15, 0.2) is 0 Å². The van der Waals surface area contributed by atoms with E-state index < -0.39 is 0 Å². The second-order valence-electron chi connectivity index (χ2n) is 3.66. The molecule has 1 heteroatoms. The van der Waals surface area contributed by atoms with E-state index >= 15 is 0 Å². The minimum Gasteiger partial charge on any atom is -0.385 e. The van der Waals surface area contributed by atoms with Gasteiger partial charge < -0.3 is 4.74 Å². The Hall–Kier alpha value is -0.0400. The summed E-state index contributed by atoms with van der Waals surface area (Å²) in [5.41, 5.74) is 0.519. The number of hydrogen-bond acceptors (Lipinski definition) is 1. The van der Waals surface area contributed by atoms with E-state index in [1.54, 1.807) is 7.11 Å². The largest absolute Gasteiger partial charge is 0.385 e. The molecule has 0 N–H and O–H groups in total. The van der Waals surface area contributed by atoms with Crippen molar-refractivity contribution in [2.24, 2.45) is 5.41 Å². The SMILES string of the molecule is CCCC(C)(CC)CCOC. The molecule has 0 aromatic carbocycles. The van der Waals surface area contributed by atoms with E-state index in [2.05, 4.69) is 20.8 Å². The number of rotatable bonds is 6. The van der Waals surface area contributed by atoms with Crippen molar-refractivity contribution in [3.63, 3.8) is 0 Å². The van der Waals surface area contributed by atoms with E-state index in [0.29, 0.717) is 5.41 Å². The molecule has 0 spiro atoms. The van der Waals surface area contributed by atoms with Crippen LogP contribution in [0.15, 0.2) is 0 Å². The molecule has 0 amide bonds. The van der Waals surface area contributed by atoms with E-state index in [-0.39, 0.29) is 0 Å². The second kappa shape index (κ2) is 5.59. The third kappa shape index (κ3) is 4.41. The number of hydrogen-bond donors (Lipinski definition) is 0. The van der Waals surface area contributed by atoms with E-state index in [9.17, 15) is 0 Å². The van der Waals surface area contributed by atoms with Crippen LogP contribution >= 0.6 is 0 Å².